The van der Waals surface area contributed by atoms with Crippen LogP contribution in [0.3, 0.4) is 0 Å². The summed E-state index contributed by atoms with van der Waals surface area (Å²) in [7, 11) is -4.37. The lowest BCUT2D eigenvalue weighted by molar-refractivity contribution is 0.257. The molecular weight excluding hydrogens is 342 g/mol. The van der Waals surface area contributed by atoms with Gasteiger partial charge in [0.25, 0.3) is 0 Å². The molecule has 5 heteroatoms. The van der Waals surface area contributed by atoms with Gasteiger partial charge in [0.15, 0.2) is 8.32 Å². The first kappa shape index (κ1) is 21.4. The van der Waals surface area contributed by atoms with Gasteiger partial charge in [-0.1, -0.05) is 81.5 Å². The molecule has 0 aliphatic heterocycles. The van der Waals surface area contributed by atoms with E-state index < -0.39 is 24.8 Å². The first-order valence-corrected chi connectivity index (χ1v) is 19.1. The lowest BCUT2D eigenvalue weighted by Gasteiger charge is -2.42. The smallest absolute Gasteiger partial charge is 0.185 e. The van der Waals surface area contributed by atoms with Crippen molar-refractivity contribution < 1.29 is 4.43 Å². The molecule has 1 atom stereocenters. The molecule has 1 rings (SSSR count). The van der Waals surface area contributed by atoms with Gasteiger partial charge in [-0.3, -0.25) is 0 Å². The van der Waals surface area contributed by atoms with Crippen molar-refractivity contribution in [1.29, 1.82) is 0 Å². The Balaban J connectivity index is 3.02. The van der Waals surface area contributed by atoms with Crippen LogP contribution >= 0.6 is 0 Å². The molecule has 0 spiro atoms. The highest BCUT2D eigenvalue weighted by Gasteiger charge is 2.33. The fraction of sp³-hybridized carbons (Fsp3) is 0.579. The lowest BCUT2D eigenvalue weighted by Crippen LogP contribution is -2.59. The van der Waals surface area contributed by atoms with Gasteiger partial charge in [-0.05, 0) is 25.2 Å². The summed E-state index contributed by atoms with van der Waals surface area (Å²) in [5.41, 5.74) is 1.17. The Hall–Kier alpha value is -0.649. The number of hydrogen-bond acceptors (Lipinski definition) is 2. The zero-order valence-corrected chi connectivity index (χ0v) is 20.0. The molecule has 134 valence electrons. The standard InChI is InChI=1S/C19H35NOSi3/c1-22(2,3)20(23(4,5)6)17-13-16-19(21-24(7,8)9)18-14-11-10-12-15-18/h10-12,14-15,19H,17H2,1-9H3. The van der Waals surface area contributed by atoms with Gasteiger partial charge in [0, 0.05) is 6.54 Å². The van der Waals surface area contributed by atoms with Crippen LogP contribution in [0.5, 0.6) is 0 Å². The van der Waals surface area contributed by atoms with Crippen molar-refractivity contribution in [3.63, 3.8) is 0 Å². The maximum Gasteiger partial charge on any atom is 0.185 e. The van der Waals surface area contributed by atoms with E-state index in [1.54, 1.807) is 0 Å². The van der Waals surface area contributed by atoms with Gasteiger partial charge in [-0.2, -0.15) is 0 Å². The number of rotatable bonds is 6. The molecule has 1 aromatic carbocycles. The molecule has 0 amide bonds. The minimum Gasteiger partial charge on any atom is -0.400 e. The lowest BCUT2D eigenvalue weighted by atomic mass is 10.1. The van der Waals surface area contributed by atoms with E-state index in [-0.39, 0.29) is 6.10 Å². The third kappa shape index (κ3) is 7.49. The van der Waals surface area contributed by atoms with E-state index in [1.165, 1.54) is 5.56 Å². The zero-order valence-electron chi connectivity index (χ0n) is 17.0. The van der Waals surface area contributed by atoms with Crippen LogP contribution < -0.4 is 0 Å². The van der Waals surface area contributed by atoms with E-state index in [0.29, 0.717) is 0 Å². The normalized spacial score (nSPS) is 14.2. The molecule has 0 aromatic heterocycles. The monoisotopic (exact) mass is 377 g/mol. The first-order chi connectivity index (χ1) is 10.8. The second-order valence-corrected chi connectivity index (χ2v) is 23.9. The minimum atomic E-state index is -1.65. The predicted molar refractivity (Wildman–Crippen MR) is 115 cm³/mol. The van der Waals surface area contributed by atoms with Crippen LogP contribution in [-0.2, 0) is 4.43 Å². The molecule has 0 bridgehead atoms. The maximum absolute atomic E-state index is 6.35. The van der Waals surface area contributed by atoms with Crippen LogP contribution in [0.25, 0.3) is 0 Å². The van der Waals surface area contributed by atoms with Crippen LogP contribution in [0.4, 0.5) is 0 Å². The summed E-state index contributed by atoms with van der Waals surface area (Å²) in [4.78, 5) is 0. The van der Waals surface area contributed by atoms with Gasteiger partial charge < -0.3 is 8.66 Å². The molecule has 24 heavy (non-hydrogen) atoms. The average molecular weight is 378 g/mol. The summed E-state index contributed by atoms with van der Waals surface area (Å²) in [6.07, 6.45) is -0.108. The Morgan fingerprint density at radius 2 is 1.38 bits per heavy atom. The van der Waals surface area contributed by atoms with Crippen molar-refractivity contribution in [3.05, 3.63) is 35.9 Å². The van der Waals surface area contributed by atoms with E-state index in [4.69, 9.17) is 4.43 Å². The van der Waals surface area contributed by atoms with Crippen molar-refractivity contribution in [2.24, 2.45) is 0 Å². The predicted octanol–water partition coefficient (Wildman–Crippen LogP) is 5.55. The third-order valence-electron chi connectivity index (χ3n) is 3.66. The SMILES string of the molecule is C[Si](C)(C)OC(C#CCN([Si](C)(C)C)[Si](C)(C)C)c1ccccc1. The first-order valence-electron chi connectivity index (χ1n) is 8.79. The van der Waals surface area contributed by atoms with Crippen molar-refractivity contribution in [2.75, 3.05) is 6.54 Å². The molecule has 0 aliphatic carbocycles. The van der Waals surface area contributed by atoms with Crippen LogP contribution in [0.1, 0.15) is 11.7 Å². The molecule has 0 fully saturated rings. The van der Waals surface area contributed by atoms with E-state index in [1.807, 2.05) is 6.07 Å². The van der Waals surface area contributed by atoms with Crippen molar-refractivity contribution in [2.45, 2.75) is 65.0 Å². The summed E-state index contributed by atoms with van der Waals surface area (Å²) in [5.74, 6) is 6.89. The second-order valence-electron chi connectivity index (χ2n) is 9.27. The summed E-state index contributed by atoms with van der Waals surface area (Å²) in [5, 5.41) is 0. The number of benzene rings is 1. The molecule has 0 saturated carbocycles. The van der Waals surface area contributed by atoms with E-state index in [0.717, 1.165) is 6.54 Å². The fourth-order valence-corrected chi connectivity index (χ4v) is 12.9. The highest BCUT2D eigenvalue weighted by Crippen LogP contribution is 2.22. The summed E-state index contributed by atoms with van der Waals surface area (Å²) in [6, 6.07) is 10.4. The Morgan fingerprint density at radius 3 is 1.79 bits per heavy atom. The minimum absolute atomic E-state index is 0.108. The summed E-state index contributed by atoms with van der Waals surface area (Å²) in [6.45, 7) is 22.0. The Morgan fingerprint density at radius 1 is 0.875 bits per heavy atom. The molecule has 0 aliphatic rings. The molecule has 0 radical (unpaired) electrons. The molecular formula is C19H35NOSi3. The van der Waals surface area contributed by atoms with Gasteiger partial charge in [0.2, 0.25) is 0 Å². The Kier molecular flexibility index (Phi) is 7.27. The van der Waals surface area contributed by atoms with Gasteiger partial charge >= 0.3 is 0 Å². The quantitative estimate of drug-likeness (QED) is 0.475. The molecule has 0 heterocycles. The molecule has 2 nitrogen and oxygen atoms in total. The van der Waals surface area contributed by atoms with Gasteiger partial charge in [0.05, 0.1) is 0 Å². The van der Waals surface area contributed by atoms with Crippen molar-refractivity contribution in [3.8, 4) is 11.8 Å². The summed E-state index contributed by atoms with van der Waals surface area (Å²) < 4.78 is 9.06. The fourth-order valence-electron chi connectivity index (χ4n) is 2.86. The maximum atomic E-state index is 6.35. The summed E-state index contributed by atoms with van der Waals surface area (Å²) >= 11 is 0. The van der Waals surface area contributed by atoms with Gasteiger partial charge in [0.1, 0.15) is 22.6 Å². The molecule has 0 saturated heterocycles. The Labute approximate surface area is 152 Å². The van der Waals surface area contributed by atoms with Crippen LogP contribution in [0.15, 0.2) is 30.3 Å². The molecule has 0 N–H and O–H groups in total. The van der Waals surface area contributed by atoms with E-state index in [2.05, 4.69) is 99.3 Å². The van der Waals surface area contributed by atoms with Crippen LogP contribution in [0, 0.1) is 11.8 Å². The van der Waals surface area contributed by atoms with E-state index >= 15 is 0 Å². The van der Waals surface area contributed by atoms with Crippen LogP contribution in [0.2, 0.25) is 58.9 Å². The van der Waals surface area contributed by atoms with Crippen molar-refractivity contribution in [1.82, 2.24) is 4.23 Å². The third-order valence-corrected chi connectivity index (χ3v) is 12.2. The van der Waals surface area contributed by atoms with Crippen molar-refractivity contribution >= 4 is 24.8 Å². The van der Waals surface area contributed by atoms with Gasteiger partial charge in [-0.15, -0.1) is 0 Å². The molecule has 1 unspecified atom stereocenters. The average Bonchev–Trinajstić information content (AvgIpc) is 2.39. The highest BCUT2D eigenvalue weighted by atomic mass is 28.4. The highest BCUT2D eigenvalue weighted by molar-refractivity contribution is 6.89. The second kappa shape index (κ2) is 8.15. The number of nitrogens with zero attached hydrogens (tertiary/aromatic N) is 1. The van der Waals surface area contributed by atoms with Gasteiger partial charge in [-0.25, -0.2) is 0 Å². The van der Waals surface area contributed by atoms with E-state index in [9.17, 15) is 0 Å². The molecule has 1 aromatic rings. The zero-order chi connectivity index (χ0) is 18.6. The topological polar surface area (TPSA) is 12.5 Å². The van der Waals surface area contributed by atoms with Crippen LogP contribution in [-0.4, -0.2) is 35.6 Å². The largest absolute Gasteiger partial charge is 0.400 e. The Bertz CT molecular complexity index is 557. The number of hydrogen-bond donors (Lipinski definition) is 0.